The van der Waals surface area contributed by atoms with E-state index >= 15 is 0 Å². The van der Waals surface area contributed by atoms with Gasteiger partial charge in [0.15, 0.2) is 11.6 Å². The van der Waals surface area contributed by atoms with Crippen molar-refractivity contribution in [2.45, 2.75) is 19.9 Å². The maximum absolute atomic E-state index is 14.0. The average Bonchev–Trinajstić information content (AvgIpc) is 2.42. The molecule has 0 heterocycles. The van der Waals surface area contributed by atoms with Gasteiger partial charge in [-0.2, -0.15) is 0 Å². The Morgan fingerprint density at radius 2 is 1.90 bits per heavy atom. The van der Waals surface area contributed by atoms with E-state index in [-0.39, 0.29) is 23.2 Å². The molecule has 0 bridgehead atoms. The quantitative estimate of drug-likeness (QED) is 0.685. The van der Waals surface area contributed by atoms with Gasteiger partial charge in [-0.15, -0.1) is 0 Å². The molecule has 0 spiro atoms. The third-order valence-corrected chi connectivity index (χ3v) is 3.01. The van der Waals surface area contributed by atoms with E-state index < -0.39 is 10.7 Å². The summed E-state index contributed by atoms with van der Waals surface area (Å²) in [5.41, 5.74) is 6.81. The molecule has 0 saturated carbocycles. The maximum atomic E-state index is 14.0. The number of rotatable bonds is 4. The molecule has 21 heavy (non-hydrogen) atoms. The monoisotopic (exact) mass is 290 g/mol. The van der Waals surface area contributed by atoms with Gasteiger partial charge in [-0.25, -0.2) is 4.39 Å². The number of nitro benzene ring substituents is 1. The molecule has 0 aliphatic carbocycles. The number of ether oxygens (including phenoxy) is 1. The predicted octanol–water partition coefficient (Wildman–Crippen LogP) is 3.85. The zero-order chi connectivity index (χ0) is 15.6. The summed E-state index contributed by atoms with van der Waals surface area (Å²) >= 11 is 0. The van der Waals surface area contributed by atoms with Crippen LogP contribution in [0.1, 0.15) is 24.1 Å². The summed E-state index contributed by atoms with van der Waals surface area (Å²) in [7, 11) is 0. The van der Waals surface area contributed by atoms with Gasteiger partial charge in [-0.1, -0.05) is 12.1 Å². The number of nitrogens with two attached hydrogens (primary N) is 1. The van der Waals surface area contributed by atoms with Crippen LogP contribution in [0.5, 0.6) is 11.5 Å². The fraction of sp³-hybridized carbons (Fsp3) is 0.200. The van der Waals surface area contributed by atoms with Gasteiger partial charge < -0.3 is 10.5 Å². The van der Waals surface area contributed by atoms with Gasteiger partial charge >= 0.3 is 5.69 Å². The van der Waals surface area contributed by atoms with E-state index in [4.69, 9.17) is 10.5 Å². The third kappa shape index (κ3) is 3.35. The first-order valence-electron chi connectivity index (χ1n) is 6.36. The molecule has 0 aromatic heterocycles. The summed E-state index contributed by atoms with van der Waals surface area (Å²) in [5.74, 6) is -0.691. The molecule has 0 radical (unpaired) electrons. The first-order chi connectivity index (χ1) is 9.88. The molecule has 6 heteroatoms. The van der Waals surface area contributed by atoms with Crippen molar-refractivity contribution in [3.8, 4) is 11.5 Å². The van der Waals surface area contributed by atoms with Crippen molar-refractivity contribution in [2.75, 3.05) is 0 Å². The van der Waals surface area contributed by atoms with Gasteiger partial charge in [0.05, 0.1) is 4.92 Å². The summed E-state index contributed by atoms with van der Waals surface area (Å²) in [5, 5.41) is 11.0. The lowest BCUT2D eigenvalue weighted by molar-refractivity contribution is -0.385. The standard InChI is InChI=1S/C15H15FN2O3/c1-9-3-5-15(13(7-9)18(19)20)21-14-6-4-11(10(2)17)8-12(14)16/h3-8,10H,17H2,1-2H3/t10-/m0/s1. The lowest BCUT2D eigenvalue weighted by atomic mass is 10.1. The minimum atomic E-state index is -0.611. The summed E-state index contributed by atoms with van der Waals surface area (Å²) in [6.45, 7) is 3.47. The zero-order valence-corrected chi connectivity index (χ0v) is 11.7. The minimum Gasteiger partial charge on any atom is -0.447 e. The second-order valence-electron chi connectivity index (χ2n) is 4.81. The average molecular weight is 290 g/mol. The van der Waals surface area contributed by atoms with Crippen molar-refractivity contribution >= 4 is 5.69 Å². The zero-order valence-electron chi connectivity index (χ0n) is 11.7. The van der Waals surface area contributed by atoms with Crippen molar-refractivity contribution < 1.29 is 14.1 Å². The molecule has 0 amide bonds. The highest BCUT2D eigenvalue weighted by atomic mass is 19.1. The number of hydrogen-bond acceptors (Lipinski definition) is 4. The summed E-state index contributed by atoms with van der Waals surface area (Å²) in [6.07, 6.45) is 0. The largest absolute Gasteiger partial charge is 0.447 e. The summed E-state index contributed by atoms with van der Waals surface area (Å²) in [4.78, 5) is 10.4. The van der Waals surface area contributed by atoms with E-state index in [1.165, 1.54) is 24.3 Å². The van der Waals surface area contributed by atoms with Gasteiger partial charge in [0.25, 0.3) is 0 Å². The Balaban J connectivity index is 2.37. The normalized spacial score (nSPS) is 12.0. The van der Waals surface area contributed by atoms with Crippen LogP contribution in [0.15, 0.2) is 36.4 Å². The lowest BCUT2D eigenvalue weighted by Gasteiger charge is -2.10. The Hall–Kier alpha value is -2.47. The molecule has 2 aromatic carbocycles. The van der Waals surface area contributed by atoms with Crippen LogP contribution >= 0.6 is 0 Å². The number of benzene rings is 2. The van der Waals surface area contributed by atoms with Crippen molar-refractivity contribution in [3.05, 3.63) is 63.5 Å². The van der Waals surface area contributed by atoms with Crippen molar-refractivity contribution in [3.63, 3.8) is 0 Å². The molecule has 0 saturated heterocycles. The predicted molar refractivity (Wildman–Crippen MR) is 76.9 cm³/mol. The molecule has 110 valence electrons. The van der Waals surface area contributed by atoms with Crippen LogP contribution in [0, 0.1) is 22.9 Å². The Morgan fingerprint density at radius 3 is 2.48 bits per heavy atom. The second-order valence-corrected chi connectivity index (χ2v) is 4.81. The summed E-state index contributed by atoms with van der Waals surface area (Å²) in [6, 6.07) is 8.50. The van der Waals surface area contributed by atoms with E-state index in [1.54, 1.807) is 26.0 Å². The highest BCUT2D eigenvalue weighted by Crippen LogP contribution is 2.33. The van der Waals surface area contributed by atoms with Crippen LogP contribution in [0.25, 0.3) is 0 Å². The Kier molecular flexibility index (Phi) is 4.18. The topological polar surface area (TPSA) is 78.4 Å². The molecule has 0 aliphatic heterocycles. The highest BCUT2D eigenvalue weighted by Gasteiger charge is 2.17. The molecule has 0 aliphatic rings. The molecule has 2 aromatic rings. The number of hydrogen-bond donors (Lipinski definition) is 1. The first-order valence-corrected chi connectivity index (χ1v) is 6.36. The van der Waals surface area contributed by atoms with Crippen molar-refractivity contribution in [1.82, 2.24) is 0 Å². The molecule has 5 nitrogen and oxygen atoms in total. The highest BCUT2D eigenvalue weighted by molar-refractivity contribution is 5.50. The lowest BCUT2D eigenvalue weighted by Crippen LogP contribution is -2.05. The fourth-order valence-electron chi connectivity index (χ4n) is 1.86. The molecular weight excluding hydrogens is 275 g/mol. The van der Waals surface area contributed by atoms with E-state index in [0.717, 1.165) is 5.56 Å². The van der Waals surface area contributed by atoms with Crippen LogP contribution in [0.4, 0.5) is 10.1 Å². The van der Waals surface area contributed by atoms with Gasteiger partial charge in [0.2, 0.25) is 5.75 Å². The number of halogens is 1. The van der Waals surface area contributed by atoms with E-state index in [0.29, 0.717) is 5.56 Å². The van der Waals surface area contributed by atoms with E-state index in [1.807, 2.05) is 0 Å². The summed E-state index contributed by atoms with van der Waals surface area (Å²) < 4.78 is 19.3. The Morgan fingerprint density at radius 1 is 1.24 bits per heavy atom. The number of aryl methyl sites for hydroxylation is 1. The van der Waals surface area contributed by atoms with Gasteiger partial charge in [-0.05, 0) is 43.2 Å². The van der Waals surface area contributed by atoms with Crippen molar-refractivity contribution in [1.29, 1.82) is 0 Å². The van der Waals surface area contributed by atoms with Crippen LogP contribution < -0.4 is 10.5 Å². The second kappa shape index (κ2) is 5.88. The molecule has 0 fully saturated rings. The molecule has 2 N–H and O–H groups in total. The first kappa shape index (κ1) is 14.9. The smallest absolute Gasteiger partial charge is 0.311 e. The number of nitrogens with zero attached hydrogens (tertiary/aromatic N) is 1. The Bertz CT molecular complexity index is 687. The van der Waals surface area contributed by atoms with E-state index in [9.17, 15) is 14.5 Å². The van der Waals surface area contributed by atoms with Gasteiger partial charge in [0, 0.05) is 12.1 Å². The van der Waals surface area contributed by atoms with Crippen LogP contribution in [-0.4, -0.2) is 4.92 Å². The van der Waals surface area contributed by atoms with Gasteiger partial charge in [0.1, 0.15) is 0 Å². The molecular formula is C15H15FN2O3. The maximum Gasteiger partial charge on any atom is 0.311 e. The van der Waals surface area contributed by atoms with Crippen molar-refractivity contribution in [2.24, 2.45) is 5.73 Å². The van der Waals surface area contributed by atoms with E-state index in [2.05, 4.69) is 0 Å². The Labute approximate surface area is 121 Å². The number of nitro groups is 1. The third-order valence-electron chi connectivity index (χ3n) is 3.01. The fourth-order valence-corrected chi connectivity index (χ4v) is 1.86. The van der Waals surface area contributed by atoms with Gasteiger partial charge in [-0.3, -0.25) is 10.1 Å². The molecule has 1 atom stereocenters. The SMILES string of the molecule is Cc1ccc(Oc2ccc([C@H](C)N)cc2F)c([N+](=O)[O-])c1. The van der Waals surface area contributed by atoms with Crippen LogP contribution in [0.3, 0.4) is 0 Å². The van der Waals surface area contributed by atoms with Crippen LogP contribution in [-0.2, 0) is 0 Å². The van der Waals surface area contributed by atoms with Crippen LogP contribution in [0.2, 0.25) is 0 Å². The molecule has 0 unspecified atom stereocenters. The molecule has 2 rings (SSSR count). The minimum absolute atomic E-state index is 0.00181.